The molecule has 4 rings (SSSR count). The first-order chi connectivity index (χ1) is 13.8. The molecule has 1 heterocycles. The number of hydrogen-bond acceptors (Lipinski definition) is 3. The van der Waals surface area contributed by atoms with Gasteiger partial charge in [-0.05, 0) is 42.0 Å². The molecule has 0 radical (unpaired) electrons. The van der Waals surface area contributed by atoms with E-state index in [0.29, 0.717) is 13.0 Å². The van der Waals surface area contributed by atoms with Crippen LogP contribution >= 0.6 is 0 Å². The molecule has 140 valence electrons. The van der Waals surface area contributed by atoms with Gasteiger partial charge in [-0.1, -0.05) is 36.4 Å². The average Bonchev–Trinajstić information content (AvgIpc) is 3.07. The maximum Gasteiger partial charge on any atom is 0.241 e. The van der Waals surface area contributed by atoms with Crippen LogP contribution in [0.5, 0.6) is 5.75 Å². The molecule has 28 heavy (non-hydrogen) atoms. The molecule has 0 aliphatic rings. The highest BCUT2D eigenvalue weighted by molar-refractivity contribution is 6.08. The lowest BCUT2D eigenvalue weighted by Gasteiger charge is -2.06. The van der Waals surface area contributed by atoms with Crippen molar-refractivity contribution in [3.8, 4) is 5.75 Å². The normalized spacial score (nSPS) is 11.3. The van der Waals surface area contributed by atoms with Crippen LogP contribution in [-0.2, 0) is 11.3 Å². The third kappa shape index (κ3) is 3.60. The topological polar surface area (TPSA) is 55.6 Å². The number of rotatable bonds is 6. The molecule has 0 bridgehead atoms. The van der Waals surface area contributed by atoms with Crippen LogP contribution in [0.25, 0.3) is 21.8 Å². The summed E-state index contributed by atoms with van der Waals surface area (Å²) >= 11 is 0. The Morgan fingerprint density at radius 2 is 1.57 bits per heavy atom. The number of hydrazone groups is 1. The highest BCUT2D eigenvalue weighted by Crippen LogP contribution is 2.28. The van der Waals surface area contributed by atoms with Gasteiger partial charge < -0.3 is 9.30 Å². The van der Waals surface area contributed by atoms with Gasteiger partial charge in [0, 0.05) is 34.8 Å². The van der Waals surface area contributed by atoms with Crippen molar-refractivity contribution in [2.45, 2.75) is 13.0 Å². The van der Waals surface area contributed by atoms with Gasteiger partial charge in [-0.3, -0.25) is 4.79 Å². The van der Waals surface area contributed by atoms with Gasteiger partial charge in [0.05, 0.1) is 13.3 Å². The molecule has 5 heteroatoms. The van der Waals surface area contributed by atoms with Crippen LogP contribution in [0, 0.1) is 0 Å². The Kier molecular flexibility index (Phi) is 5.06. The molecular weight excluding hydrogens is 350 g/mol. The lowest BCUT2D eigenvalue weighted by Crippen LogP contribution is -2.19. The lowest BCUT2D eigenvalue weighted by molar-refractivity contribution is -0.121. The third-order valence-corrected chi connectivity index (χ3v) is 4.76. The van der Waals surface area contributed by atoms with Crippen LogP contribution in [0.4, 0.5) is 0 Å². The molecular formula is C23H21N3O2. The maximum absolute atomic E-state index is 12.2. The lowest BCUT2D eigenvalue weighted by atomic mass is 10.2. The fraction of sp³-hybridized carbons (Fsp3) is 0.130. The van der Waals surface area contributed by atoms with Gasteiger partial charge in [-0.2, -0.15) is 5.10 Å². The molecule has 0 saturated heterocycles. The summed E-state index contributed by atoms with van der Waals surface area (Å²) in [5.41, 5.74) is 5.77. The summed E-state index contributed by atoms with van der Waals surface area (Å²) in [7, 11) is 1.63. The van der Waals surface area contributed by atoms with E-state index >= 15 is 0 Å². The summed E-state index contributed by atoms with van der Waals surface area (Å²) in [4.78, 5) is 12.2. The minimum Gasteiger partial charge on any atom is -0.497 e. The Labute approximate surface area is 163 Å². The number of ether oxygens (including phenoxy) is 1. The van der Waals surface area contributed by atoms with E-state index in [2.05, 4.69) is 39.4 Å². The van der Waals surface area contributed by atoms with Crippen molar-refractivity contribution in [3.63, 3.8) is 0 Å². The second kappa shape index (κ2) is 7.96. The molecule has 0 aliphatic carbocycles. The van der Waals surface area contributed by atoms with E-state index in [-0.39, 0.29) is 5.91 Å². The van der Waals surface area contributed by atoms with Crippen LogP contribution in [0.15, 0.2) is 77.9 Å². The Morgan fingerprint density at radius 3 is 2.18 bits per heavy atom. The van der Waals surface area contributed by atoms with Crippen molar-refractivity contribution in [1.29, 1.82) is 0 Å². The number of hydrogen-bond donors (Lipinski definition) is 1. The number of aryl methyl sites for hydroxylation is 1. The first kappa shape index (κ1) is 17.8. The van der Waals surface area contributed by atoms with Crippen molar-refractivity contribution in [2.24, 2.45) is 5.10 Å². The number of para-hydroxylation sites is 2. The molecule has 0 saturated carbocycles. The van der Waals surface area contributed by atoms with Crippen molar-refractivity contribution >= 4 is 33.9 Å². The molecule has 4 aromatic rings. The quantitative estimate of drug-likeness (QED) is 0.405. The minimum atomic E-state index is -0.119. The zero-order valence-corrected chi connectivity index (χ0v) is 15.6. The van der Waals surface area contributed by atoms with Gasteiger partial charge in [0.15, 0.2) is 0 Å². The van der Waals surface area contributed by atoms with E-state index in [4.69, 9.17) is 4.74 Å². The number of nitrogens with zero attached hydrogens (tertiary/aromatic N) is 2. The molecule has 1 amide bonds. The maximum atomic E-state index is 12.2. The SMILES string of the molecule is COc1ccc(/C=N\NC(=O)CCn2c3ccccc3c3ccccc32)cc1. The van der Waals surface area contributed by atoms with Gasteiger partial charge in [0.1, 0.15) is 5.75 Å². The van der Waals surface area contributed by atoms with E-state index in [1.165, 1.54) is 10.8 Å². The average molecular weight is 371 g/mol. The first-order valence-corrected chi connectivity index (χ1v) is 9.18. The van der Waals surface area contributed by atoms with Crippen LogP contribution in [0.1, 0.15) is 12.0 Å². The number of amides is 1. The highest BCUT2D eigenvalue weighted by atomic mass is 16.5. The van der Waals surface area contributed by atoms with Gasteiger partial charge in [-0.25, -0.2) is 5.43 Å². The number of carbonyl (C=O) groups is 1. The largest absolute Gasteiger partial charge is 0.497 e. The van der Waals surface area contributed by atoms with Gasteiger partial charge in [-0.15, -0.1) is 0 Å². The minimum absolute atomic E-state index is 0.119. The van der Waals surface area contributed by atoms with Crippen molar-refractivity contribution in [1.82, 2.24) is 9.99 Å². The van der Waals surface area contributed by atoms with E-state index in [1.54, 1.807) is 13.3 Å². The zero-order valence-electron chi connectivity index (χ0n) is 15.6. The first-order valence-electron chi connectivity index (χ1n) is 9.18. The number of carbonyl (C=O) groups excluding carboxylic acids is 1. The highest BCUT2D eigenvalue weighted by Gasteiger charge is 2.10. The van der Waals surface area contributed by atoms with Crippen molar-refractivity contribution in [3.05, 3.63) is 78.4 Å². The summed E-state index contributed by atoms with van der Waals surface area (Å²) in [6.45, 7) is 0.595. The predicted molar refractivity (Wildman–Crippen MR) is 113 cm³/mol. The van der Waals surface area contributed by atoms with Crippen LogP contribution in [-0.4, -0.2) is 23.8 Å². The fourth-order valence-electron chi connectivity index (χ4n) is 3.38. The van der Waals surface area contributed by atoms with E-state index in [0.717, 1.165) is 22.3 Å². The Morgan fingerprint density at radius 1 is 0.964 bits per heavy atom. The number of fused-ring (bicyclic) bond motifs is 3. The van der Waals surface area contributed by atoms with Crippen LogP contribution in [0.3, 0.4) is 0 Å². The molecule has 5 nitrogen and oxygen atoms in total. The van der Waals surface area contributed by atoms with Crippen molar-refractivity contribution in [2.75, 3.05) is 7.11 Å². The van der Waals surface area contributed by atoms with E-state index in [9.17, 15) is 4.79 Å². The smallest absolute Gasteiger partial charge is 0.241 e. The molecule has 1 aromatic heterocycles. The number of methoxy groups -OCH3 is 1. The fourth-order valence-corrected chi connectivity index (χ4v) is 3.38. The molecule has 0 fully saturated rings. The molecule has 0 unspecified atom stereocenters. The zero-order chi connectivity index (χ0) is 19.3. The summed E-state index contributed by atoms with van der Waals surface area (Å²) in [5, 5.41) is 6.46. The Hall–Kier alpha value is -3.60. The third-order valence-electron chi connectivity index (χ3n) is 4.76. The predicted octanol–water partition coefficient (Wildman–Crippen LogP) is 4.34. The van der Waals surface area contributed by atoms with Crippen LogP contribution < -0.4 is 10.2 Å². The van der Waals surface area contributed by atoms with E-state index < -0.39 is 0 Å². The van der Waals surface area contributed by atoms with Gasteiger partial charge in [0.25, 0.3) is 0 Å². The van der Waals surface area contributed by atoms with E-state index in [1.807, 2.05) is 48.5 Å². The van der Waals surface area contributed by atoms with Crippen LogP contribution in [0.2, 0.25) is 0 Å². The van der Waals surface area contributed by atoms with Gasteiger partial charge in [0.2, 0.25) is 5.91 Å². The van der Waals surface area contributed by atoms with Gasteiger partial charge >= 0.3 is 0 Å². The number of benzene rings is 3. The Bertz CT molecular complexity index is 1090. The second-order valence-corrected chi connectivity index (χ2v) is 6.50. The molecule has 0 atom stereocenters. The summed E-state index contributed by atoms with van der Waals surface area (Å²) in [6, 6.07) is 24.0. The monoisotopic (exact) mass is 371 g/mol. The molecule has 3 aromatic carbocycles. The molecule has 0 aliphatic heterocycles. The number of aromatic nitrogens is 1. The molecule has 0 spiro atoms. The summed E-state index contributed by atoms with van der Waals surface area (Å²) in [5.74, 6) is 0.666. The number of nitrogens with one attached hydrogen (secondary N) is 1. The molecule has 1 N–H and O–H groups in total. The Balaban J connectivity index is 1.44. The van der Waals surface area contributed by atoms with Crippen molar-refractivity contribution < 1.29 is 9.53 Å². The second-order valence-electron chi connectivity index (χ2n) is 6.50. The summed E-state index contributed by atoms with van der Waals surface area (Å²) < 4.78 is 7.32. The standard InChI is InChI=1S/C23H21N3O2/c1-28-18-12-10-17(11-13-18)16-24-25-23(27)14-15-26-21-8-4-2-6-19(21)20-7-3-5-9-22(20)26/h2-13,16H,14-15H2,1H3,(H,25,27)/b24-16-. The summed E-state index contributed by atoms with van der Waals surface area (Å²) in [6.07, 6.45) is 1.97.